The van der Waals surface area contributed by atoms with Crippen LogP contribution in [0.25, 0.3) is 11.0 Å². The molecule has 5 heteroatoms. The van der Waals surface area contributed by atoms with Crippen LogP contribution >= 0.6 is 0 Å². The second kappa shape index (κ2) is 7.68. The van der Waals surface area contributed by atoms with Gasteiger partial charge in [0.1, 0.15) is 24.3 Å². The van der Waals surface area contributed by atoms with Crippen LogP contribution in [0.5, 0.6) is 5.75 Å². The molecule has 0 saturated carbocycles. The minimum absolute atomic E-state index is 0.276. The molecule has 132 valence electrons. The maximum Gasteiger partial charge on any atom is 0.123 e. The van der Waals surface area contributed by atoms with Crippen LogP contribution in [0.4, 0.5) is 0 Å². The van der Waals surface area contributed by atoms with Crippen molar-refractivity contribution in [2.75, 3.05) is 20.2 Å². The Bertz CT molecular complexity index is 844. The lowest BCUT2D eigenvalue weighted by molar-refractivity contribution is 0.0732. The number of imidazole rings is 1. The predicted octanol–water partition coefficient (Wildman–Crippen LogP) is 2.75. The second-order valence-electron chi connectivity index (χ2n) is 6.50. The lowest BCUT2D eigenvalue weighted by atomic mass is 10.2. The summed E-state index contributed by atoms with van der Waals surface area (Å²) in [4.78, 5) is 6.74. The van der Waals surface area contributed by atoms with Crippen molar-refractivity contribution in [2.24, 2.45) is 7.05 Å². The smallest absolute Gasteiger partial charge is 0.123 e. The molecule has 0 amide bonds. The van der Waals surface area contributed by atoms with Gasteiger partial charge in [0.2, 0.25) is 0 Å². The van der Waals surface area contributed by atoms with Crippen molar-refractivity contribution in [1.82, 2.24) is 14.5 Å². The van der Waals surface area contributed by atoms with Crippen molar-refractivity contribution >= 4 is 11.0 Å². The van der Waals surface area contributed by atoms with Crippen molar-refractivity contribution in [2.45, 2.75) is 19.6 Å². The number of fused-ring (bicyclic) bond motifs is 1. The van der Waals surface area contributed by atoms with Gasteiger partial charge in [-0.1, -0.05) is 30.3 Å². The standard InChI is InChI=1S/C20H25N3O2/c1-15-8-4-7-11-19(15)25-14-16(24)12-22(2)13-20-21-17-9-5-6-10-18(17)23(20)3/h4-11,16,24H,12-14H2,1-3H3. The molecular formula is C20H25N3O2. The maximum atomic E-state index is 10.3. The third-order valence-electron chi connectivity index (χ3n) is 4.34. The quantitative estimate of drug-likeness (QED) is 0.719. The van der Waals surface area contributed by atoms with Gasteiger partial charge >= 0.3 is 0 Å². The van der Waals surface area contributed by atoms with Gasteiger partial charge in [-0.3, -0.25) is 4.90 Å². The molecule has 0 aliphatic rings. The van der Waals surface area contributed by atoms with Gasteiger partial charge in [0, 0.05) is 13.6 Å². The Hall–Kier alpha value is -2.37. The monoisotopic (exact) mass is 339 g/mol. The van der Waals surface area contributed by atoms with Gasteiger partial charge in [-0.05, 0) is 37.7 Å². The number of ether oxygens (including phenoxy) is 1. The van der Waals surface area contributed by atoms with Crippen molar-refractivity contribution < 1.29 is 9.84 Å². The van der Waals surface area contributed by atoms with Crippen LogP contribution < -0.4 is 4.74 Å². The summed E-state index contributed by atoms with van der Waals surface area (Å²) in [5.41, 5.74) is 3.19. The zero-order valence-electron chi connectivity index (χ0n) is 15.0. The van der Waals surface area contributed by atoms with Crippen molar-refractivity contribution in [3.63, 3.8) is 0 Å². The van der Waals surface area contributed by atoms with Crippen LogP contribution in [0.2, 0.25) is 0 Å². The lowest BCUT2D eigenvalue weighted by Gasteiger charge is -2.21. The van der Waals surface area contributed by atoms with E-state index in [2.05, 4.69) is 20.5 Å². The van der Waals surface area contributed by atoms with Crippen LogP contribution in [0.1, 0.15) is 11.4 Å². The third-order valence-corrected chi connectivity index (χ3v) is 4.34. The molecule has 0 radical (unpaired) electrons. The number of benzene rings is 2. The normalized spacial score (nSPS) is 12.7. The minimum atomic E-state index is -0.556. The van der Waals surface area contributed by atoms with E-state index in [1.165, 1.54) is 0 Å². The van der Waals surface area contributed by atoms with Gasteiger partial charge in [-0.25, -0.2) is 4.98 Å². The Morgan fingerprint density at radius 3 is 2.64 bits per heavy atom. The number of aromatic nitrogens is 2. The number of para-hydroxylation sites is 3. The molecule has 1 aromatic heterocycles. The van der Waals surface area contributed by atoms with Crippen molar-refractivity contribution in [3.8, 4) is 5.75 Å². The van der Waals surface area contributed by atoms with Crippen molar-refractivity contribution in [3.05, 3.63) is 59.9 Å². The summed E-state index contributed by atoms with van der Waals surface area (Å²) in [6.07, 6.45) is -0.556. The first-order chi connectivity index (χ1) is 12.0. The predicted molar refractivity (Wildman–Crippen MR) is 99.7 cm³/mol. The Labute approximate surface area is 148 Å². The molecule has 0 fully saturated rings. The number of rotatable bonds is 7. The number of aryl methyl sites for hydroxylation is 2. The molecule has 3 rings (SSSR count). The number of aliphatic hydroxyl groups excluding tert-OH is 1. The Kier molecular flexibility index (Phi) is 5.36. The molecule has 0 bridgehead atoms. The summed E-state index contributed by atoms with van der Waals surface area (Å²) in [5.74, 6) is 1.80. The summed E-state index contributed by atoms with van der Waals surface area (Å²) < 4.78 is 7.82. The molecule has 2 aromatic carbocycles. The van der Waals surface area contributed by atoms with Gasteiger partial charge in [-0.2, -0.15) is 0 Å². The van der Waals surface area contributed by atoms with Crippen LogP contribution in [-0.4, -0.2) is 45.9 Å². The number of hydrogen-bond acceptors (Lipinski definition) is 4. The average molecular weight is 339 g/mol. The van der Waals surface area contributed by atoms with E-state index >= 15 is 0 Å². The Morgan fingerprint density at radius 1 is 1.16 bits per heavy atom. The molecule has 1 heterocycles. The van der Waals surface area contributed by atoms with Crippen LogP contribution in [-0.2, 0) is 13.6 Å². The van der Waals surface area contributed by atoms with Crippen LogP contribution in [0.15, 0.2) is 48.5 Å². The first-order valence-corrected chi connectivity index (χ1v) is 8.50. The molecule has 3 aromatic rings. The van der Waals surface area contributed by atoms with Gasteiger partial charge in [0.25, 0.3) is 0 Å². The highest BCUT2D eigenvalue weighted by Gasteiger charge is 2.13. The fourth-order valence-corrected chi connectivity index (χ4v) is 2.96. The number of nitrogens with zero attached hydrogens (tertiary/aromatic N) is 3. The minimum Gasteiger partial charge on any atom is -0.491 e. The van der Waals surface area contributed by atoms with E-state index in [-0.39, 0.29) is 6.61 Å². The highest BCUT2D eigenvalue weighted by Crippen LogP contribution is 2.17. The third kappa shape index (κ3) is 4.18. The van der Waals surface area contributed by atoms with E-state index in [1.54, 1.807) is 0 Å². The lowest BCUT2D eigenvalue weighted by Crippen LogP contribution is -2.33. The van der Waals surface area contributed by atoms with E-state index in [1.807, 2.05) is 63.5 Å². The van der Waals surface area contributed by atoms with Gasteiger partial charge in [0.15, 0.2) is 0 Å². The average Bonchev–Trinajstić information content (AvgIpc) is 2.90. The van der Waals surface area contributed by atoms with E-state index in [0.29, 0.717) is 13.1 Å². The maximum absolute atomic E-state index is 10.3. The fourth-order valence-electron chi connectivity index (χ4n) is 2.96. The van der Waals surface area contributed by atoms with Gasteiger partial charge < -0.3 is 14.4 Å². The first-order valence-electron chi connectivity index (χ1n) is 8.50. The molecule has 0 saturated heterocycles. The SMILES string of the molecule is Cc1ccccc1OCC(O)CN(C)Cc1nc2ccccc2n1C. The fraction of sp³-hybridized carbons (Fsp3) is 0.350. The molecule has 25 heavy (non-hydrogen) atoms. The highest BCUT2D eigenvalue weighted by atomic mass is 16.5. The molecular weight excluding hydrogens is 314 g/mol. The molecule has 1 unspecified atom stereocenters. The van der Waals surface area contributed by atoms with E-state index in [0.717, 1.165) is 28.2 Å². The second-order valence-corrected chi connectivity index (χ2v) is 6.50. The molecule has 1 atom stereocenters. The molecule has 0 spiro atoms. The summed E-state index contributed by atoms with van der Waals surface area (Å²) >= 11 is 0. The molecule has 0 aliphatic heterocycles. The van der Waals surface area contributed by atoms with Gasteiger partial charge in [0.05, 0.1) is 17.6 Å². The molecule has 0 aliphatic carbocycles. The van der Waals surface area contributed by atoms with E-state index in [4.69, 9.17) is 4.74 Å². The Morgan fingerprint density at radius 2 is 1.88 bits per heavy atom. The molecule has 5 nitrogen and oxygen atoms in total. The summed E-state index contributed by atoms with van der Waals surface area (Å²) in [7, 11) is 4.01. The summed E-state index contributed by atoms with van der Waals surface area (Å²) in [6, 6.07) is 15.9. The highest BCUT2D eigenvalue weighted by molar-refractivity contribution is 5.75. The van der Waals surface area contributed by atoms with Crippen LogP contribution in [0, 0.1) is 6.92 Å². The zero-order valence-corrected chi connectivity index (χ0v) is 15.0. The summed E-state index contributed by atoms with van der Waals surface area (Å²) in [6.45, 7) is 3.47. The first kappa shape index (κ1) is 17.5. The van der Waals surface area contributed by atoms with Crippen molar-refractivity contribution in [1.29, 1.82) is 0 Å². The van der Waals surface area contributed by atoms with Crippen LogP contribution in [0.3, 0.4) is 0 Å². The van der Waals surface area contributed by atoms with Gasteiger partial charge in [-0.15, -0.1) is 0 Å². The molecule has 1 N–H and O–H groups in total. The number of hydrogen-bond donors (Lipinski definition) is 1. The van der Waals surface area contributed by atoms with E-state index in [9.17, 15) is 5.11 Å². The van der Waals surface area contributed by atoms with E-state index < -0.39 is 6.10 Å². The number of likely N-dealkylation sites (N-methyl/N-ethyl adjacent to an activating group) is 1. The topological polar surface area (TPSA) is 50.5 Å². The number of aliphatic hydroxyl groups is 1. The Balaban J connectivity index is 1.55. The summed E-state index contributed by atoms with van der Waals surface area (Å²) in [5, 5.41) is 10.3. The largest absolute Gasteiger partial charge is 0.491 e. The zero-order chi connectivity index (χ0) is 17.8.